The fourth-order valence-electron chi connectivity index (χ4n) is 3.01. The maximum atomic E-state index is 11.8. The van der Waals surface area contributed by atoms with Gasteiger partial charge in [0.25, 0.3) is 5.56 Å². The van der Waals surface area contributed by atoms with Gasteiger partial charge in [0, 0.05) is 42.5 Å². The van der Waals surface area contributed by atoms with Gasteiger partial charge in [0.2, 0.25) is 0 Å². The number of aromatic amines is 1. The summed E-state index contributed by atoms with van der Waals surface area (Å²) in [5.41, 5.74) is 4.79. The van der Waals surface area contributed by atoms with Gasteiger partial charge in [0.1, 0.15) is 11.6 Å². The Morgan fingerprint density at radius 3 is 2.48 bits per heavy atom. The number of benzene rings is 1. The molecule has 4 aromatic rings. The van der Waals surface area contributed by atoms with Gasteiger partial charge in [-0.3, -0.25) is 9.78 Å². The third-order valence-corrected chi connectivity index (χ3v) is 4.62. The Balaban J connectivity index is 1.42. The van der Waals surface area contributed by atoms with Crippen molar-refractivity contribution in [3.8, 4) is 22.5 Å². The van der Waals surface area contributed by atoms with Gasteiger partial charge in [-0.15, -0.1) is 0 Å². The fourth-order valence-corrected chi connectivity index (χ4v) is 3.01. The topological polar surface area (TPSA) is 83.6 Å². The number of nitrogens with zero attached hydrogens (tertiary/aromatic N) is 3. The second kappa shape index (κ2) is 8.48. The first-order valence-electron chi connectivity index (χ1n) is 9.51. The zero-order valence-electron chi connectivity index (χ0n) is 16.1. The normalized spacial score (nSPS) is 10.7. The molecule has 4 rings (SSSR count). The Morgan fingerprint density at radius 1 is 0.966 bits per heavy atom. The van der Waals surface area contributed by atoms with E-state index in [1.165, 1.54) is 6.07 Å². The van der Waals surface area contributed by atoms with Crippen LogP contribution in [0, 0.1) is 0 Å². The van der Waals surface area contributed by atoms with Crippen molar-refractivity contribution < 1.29 is 0 Å². The van der Waals surface area contributed by atoms with E-state index >= 15 is 0 Å². The van der Waals surface area contributed by atoms with Gasteiger partial charge in [-0.25, -0.2) is 9.97 Å². The molecule has 0 aliphatic heterocycles. The molecule has 0 aliphatic carbocycles. The van der Waals surface area contributed by atoms with Crippen molar-refractivity contribution in [2.24, 2.45) is 0 Å². The van der Waals surface area contributed by atoms with Crippen LogP contribution in [0.3, 0.4) is 0 Å². The largest absolute Gasteiger partial charge is 0.366 e. The summed E-state index contributed by atoms with van der Waals surface area (Å²) in [6, 6.07) is 17.7. The molecule has 29 heavy (non-hydrogen) atoms. The van der Waals surface area contributed by atoms with E-state index in [1.807, 2.05) is 37.4 Å². The predicted molar refractivity (Wildman–Crippen MR) is 114 cm³/mol. The summed E-state index contributed by atoms with van der Waals surface area (Å²) >= 11 is 0. The summed E-state index contributed by atoms with van der Waals surface area (Å²) in [6.45, 7) is 2.64. The van der Waals surface area contributed by atoms with Crippen LogP contribution in [-0.2, 0) is 13.0 Å². The smallest absolute Gasteiger partial charge is 0.251 e. The van der Waals surface area contributed by atoms with E-state index in [4.69, 9.17) is 0 Å². The number of aromatic nitrogens is 4. The Kier molecular flexibility index (Phi) is 5.42. The quantitative estimate of drug-likeness (QED) is 0.524. The van der Waals surface area contributed by atoms with Crippen LogP contribution in [0.25, 0.3) is 22.5 Å². The SMILES string of the molecule is CCc1cc(=O)[nH]c(-c2ccc(NCc3ccc(-c4cccnc4)cc3)nc2)n1. The van der Waals surface area contributed by atoms with Crippen LogP contribution in [0.2, 0.25) is 0 Å². The van der Waals surface area contributed by atoms with Crippen molar-refractivity contribution in [3.63, 3.8) is 0 Å². The predicted octanol–water partition coefficient (Wildman–Crippen LogP) is 4.07. The Hall–Kier alpha value is -3.80. The van der Waals surface area contributed by atoms with Crippen LogP contribution in [-0.4, -0.2) is 19.9 Å². The first-order chi connectivity index (χ1) is 14.2. The lowest BCUT2D eigenvalue weighted by atomic mass is 10.1. The molecule has 3 aromatic heterocycles. The second-order valence-corrected chi connectivity index (χ2v) is 6.66. The minimum absolute atomic E-state index is 0.149. The van der Waals surface area contributed by atoms with Gasteiger partial charge >= 0.3 is 0 Å². The summed E-state index contributed by atoms with van der Waals surface area (Å²) < 4.78 is 0. The van der Waals surface area contributed by atoms with E-state index in [0.717, 1.165) is 33.8 Å². The third kappa shape index (κ3) is 4.55. The number of pyridine rings is 2. The van der Waals surface area contributed by atoms with Gasteiger partial charge in [-0.05, 0) is 41.3 Å². The van der Waals surface area contributed by atoms with Crippen LogP contribution in [0.5, 0.6) is 0 Å². The van der Waals surface area contributed by atoms with Crippen LogP contribution in [0.15, 0.2) is 78.0 Å². The molecule has 0 unspecified atom stereocenters. The first-order valence-corrected chi connectivity index (χ1v) is 9.51. The maximum Gasteiger partial charge on any atom is 0.251 e. The number of nitrogens with one attached hydrogen (secondary N) is 2. The Labute approximate surface area is 168 Å². The van der Waals surface area contributed by atoms with Gasteiger partial charge < -0.3 is 10.3 Å². The Morgan fingerprint density at radius 2 is 1.79 bits per heavy atom. The van der Waals surface area contributed by atoms with Crippen molar-refractivity contribution in [2.75, 3.05) is 5.32 Å². The van der Waals surface area contributed by atoms with E-state index in [1.54, 1.807) is 12.4 Å². The molecule has 0 aliphatic rings. The van der Waals surface area contributed by atoms with Crippen LogP contribution < -0.4 is 10.9 Å². The zero-order chi connectivity index (χ0) is 20.1. The lowest BCUT2D eigenvalue weighted by Gasteiger charge is -2.08. The summed E-state index contributed by atoms with van der Waals surface area (Å²) in [7, 11) is 0. The van der Waals surface area contributed by atoms with Crippen molar-refractivity contribution in [1.29, 1.82) is 0 Å². The molecule has 0 bridgehead atoms. The lowest BCUT2D eigenvalue weighted by Crippen LogP contribution is -2.10. The summed E-state index contributed by atoms with van der Waals surface area (Å²) in [5.74, 6) is 1.30. The van der Waals surface area contributed by atoms with E-state index in [9.17, 15) is 4.79 Å². The number of H-pyrrole nitrogens is 1. The number of hydrogen-bond donors (Lipinski definition) is 2. The zero-order valence-corrected chi connectivity index (χ0v) is 16.1. The monoisotopic (exact) mass is 383 g/mol. The first kappa shape index (κ1) is 18.6. The van der Waals surface area contributed by atoms with Gasteiger partial charge in [0.15, 0.2) is 0 Å². The van der Waals surface area contributed by atoms with Crippen molar-refractivity contribution in [3.05, 3.63) is 94.8 Å². The highest BCUT2D eigenvalue weighted by molar-refractivity contribution is 5.62. The number of rotatable bonds is 6. The molecule has 0 saturated heterocycles. The van der Waals surface area contributed by atoms with Crippen LogP contribution >= 0.6 is 0 Å². The van der Waals surface area contributed by atoms with Crippen LogP contribution in [0.1, 0.15) is 18.2 Å². The average molecular weight is 383 g/mol. The number of aryl methyl sites for hydroxylation is 1. The molecular formula is C23H21N5O. The van der Waals surface area contributed by atoms with E-state index in [-0.39, 0.29) is 5.56 Å². The van der Waals surface area contributed by atoms with E-state index in [0.29, 0.717) is 18.8 Å². The fraction of sp³-hybridized carbons (Fsp3) is 0.130. The molecule has 3 heterocycles. The van der Waals surface area contributed by atoms with E-state index in [2.05, 4.69) is 49.5 Å². The molecule has 0 atom stereocenters. The standard InChI is InChI=1S/C23H21N5O/c1-2-20-12-22(29)28-23(27-20)19-9-10-21(26-15-19)25-13-16-5-7-17(8-6-16)18-4-3-11-24-14-18/h3-12,14-15H,2,13H2,1H3,(H,25,26)(H,27,28,29). The molecule has 1 aromatic carbocycles. The molecule has 0 amide bonds. The third-order valence-electron chi connectivity index (χ3n) is 4.62. The summed E-state index contributed by atoms with van der Waals surface area (Å²) in [4.78, 5) is 27.6. The highest BCUT2D eigenvalue weighted by Gasteiger charge is 2.05. The molecule has 2 N–H and O–H groups in total. The summed E-state index contributed by atoms with van der Waals surface area (Å²) in [5, 5.41) is 3.32. The van der Waals surface area contributed by atoms with E-state index < -0.39 is 0 Å². The van der Waals surface area contributed by atoms with Gasteiger partial charge in [-0.2, -0.15) is 0 Å². The molecular weight excluding hydrogens is 362 g/mol. The molecule has 6 heteroatoms. The molecule has 6 nitrogen and oxygen atoms in total. The lowest BCUT2D eigenvalue weighted by molar-refractivity contribution is 0.985. The number of anilines is 1. The Bertz CT molecular complexity index is 1140. The molecule has 0 saturated carbocycles. The highest BCUT2D eigenvalue weighted by Crippen LogP contribution is 2.19. The second-order valence-electron chi connectivity index (χ2n) is 6.66. The molecule has 144 valence electrons. The average Bonchev–Trinajstić information content (AvgIpc) is 2.78. The van der Waals surface area contributed by atoms with Gasteiger partial charge in [0.05, 0.1) is 0 Å². The van der Waals surface area contributed by atoms with Crippen LogP contribution in [0.4, 0.5) is 5.82 Å². The molecule has 0 radical (unpaired) electrons. The van der Waals surface area contributed by atoms with Crippen molar-refractivity contribution in [1.82, 2.24) is 19.9 Å². The number of hydrogen-bond acceptors (Lipinski definition) is 5. The molecule has 0 fully saturated rings. The van der Waals surface area contributed by atoms with Crippen molar-refractivity contribution in [2.45, 2.75) is 19.9 Å². The minimum atomic E-state index is -0.149. The molecule has 0 spiro atoms. The maximum absolute atomic E-state index is 11.8. The highest BCUT2D eigenvalue weighted by atomic mass is 16.1. The minimum Gasteiger partial charge on any atom is -0.366 e. The summed E-state index contributed by atoms with van der Waals surface area (Å²) in [6.07, 6.45) is 6.06. The van der Waals surface area contributed by atoms with Gasteiger partial charge in [-0.1, -0.05) is 37.3 Å². The van der Waals surface area contributed by atoms with Crippen molar-refractivity contribution >= 4 is 5.82 Å².